The third-order valence-electron chi connectivity index (χ3n) is 4.86. The van der Waals surface area contributed by atoms with Crippen molar-refractivity contribution in [3.8, 4) is 0 Å². The summed E-state index contributed by atoms with van der Waals surface area (Å²) in [5, 5.41) is 0. The largest absolute Gasteiger partial charge is 0.0654 e. The third kappa shape index (κ3) is 1.10. The van der Waals surface area contributed by atoms with Crippen molar-refractivity contribution in [3.05, 3.63) is 0 Å². The molecule has 0 heteroatoms. The average molecular weight is 180 g/mol. The molecule has 0 nitrogen and oxygen atoms in total. The van der Waals surface area contributed by atoms with Crippen LogP contribution in [-0.4, -0.2) is 0 Å². The maximum Gasteiger partial charge on any atom is -0.0212 e. The van der Waals surface area contributed by atoms with Crippen molar-refractivity contribution in [2.45, 2.75) is 59.8 Å². The summed E-state index contributed by atoms with van der Waals surface area (Å²) < 4.78 is 0. The fraction of sp³-hybridized carbons (Fsp3) is 1.00. The van der Waals surface area contributed by atoms with E-state index in [2.05, 4.69) is 27.7 Å². The van der Waals surface area contributed by atoms with Crippen LogP contribution in [0.2, 0.25) is 0 Å². The van der Waals surface area contributed by atoms with Crippen molar-refractivity contribution in [3.63, 3.8) is 0 Å². The van der Waals surface area contributed by atoms with Crippen molar-refractivity contribution in [1.82, 2.24) is 0 Å². The van der Waals surface area contributed by atoms with E-state index in [4.69, 9.17) is 0 Å². The molecule has 0 aliphatic heterocycles. The lowest BCUT2D eigenvalue weighted by atomic mass is 9.65. The van der Waals surface area contributed by atoms with Crippen LogP contribution in [0.3, 0.4) is 0 Å². The van der Waals surface area contributed by atoms with Gasteiger partial charge in [0.2, 0.25) is 0 Å². The number of hydrogen-bond donors (Lipinski definition) is 0. The van der Waals surface area contributed by atoms with Gasteiger partial charge in [0.15, 0.2) is 0 Å². The lowest BCUT2D eigenvalue weighted by Gasteiger charge is -2.40. The van der Waals surface area contributed by atoms with E-state index in [1.54, 1.807) is 6.42 Å². The monoisotopic (exact) mass is 180 g/mol. The minimum absolute atomic E-state index is 0.772. The molecule has 0 N–H and O–H groups in total. The van der Waals surface area contributed by atoms with Crippen LogP contribution < -0.4 is 0 Å². The highest BCUT2D eigenvalue weighted by Crippen LogP contribution is 2.79. The molecule has 2 rings (SSSR count). The number of hydrogen-bond acceptors (Lipinski definition) is 0. The second-order valence-electron chi connectivity index (χ2n) is 6.03. The first-order valence-corrected chi connectivity index (χ1v) is 6.06. The molecule has 0 heterocycles. The predicted octanol–water partition coefficient (Wildman–Crippen LogP) is 4.25. The topological polar surface area (TPSA) is 0 Å². The van der Waals surface area contributed by atoms with E-state index in [9.17, 15) is 0 Å². The minimum atomic E-state index is 0.772. The highest BCUT2D eigenvalue weighted by Gasteiger charge is 2.70. The zero-order valence-electron chi connectivity index (χ0n) is 9.69. The average Bonchev–Trinajstić information content (AvgIpc) is 2.60. The molecule has 0 aromatic heterocycles. The molecule has 2 aliphatic rings. The zero-order valence-corrected chi connectivity index (χ0v) is 9.69. The quantitative estimate of drug-likeness (QED) is 0.609. The van der Waals surface area contributed by atoms with Crippen LogP contribution in [0.15, 0.2) is 0 Å². The molecule has 0 radical (unpaired) electrons. The summed E-state index contributed by atoms with van der Waals surface area (Å²) in [6, 6.07) is 0. The summed E-state index contributed by atoms with van der Waals surface area (Å²) in [6.07, 6.45) is 7.48. The van der Waals surface area contributed by atoms with E-state index < -0.39 is 0 Å². The summed E-state index contributed by atoms with van der Waals surface area (Å²) in [5.41, 5.74) is 1.60. The van der Waals surface area contributed by atoms with Crippen LogP contribution in [0.4, 0.5) is 0 Å². The fourth-order valence-corrected chi connectivity index (χ4v) is 4.29. The van der Waals surface area contributed by atoms with Gasteiger partial charge in [-0.2, -0.15) is 0 Å². The van der Waals surface area contributed by atoms with Crippen LogP contribution in [0, 0.1) is 22.7 Å². The maximum atomic E-state index is 2.44. The second kappa shape index (κ2) is 2.74. The molecule has 1 atom stereocenters. The summed E-state index contributed by atoms with van der Waals surface area (Å²) >= 11 is 0. The Bertz CT molecular complexity index is 198. The second-order valence-corrected chi connectivity index (χ2v) is 6.03. The lowest BCUT2D eigenvalue weighted by molar-refractivity contribution is 0.0952. The van der Waals surface area contributed by atoms with Crippen molar-refractivity contribution in [2.24, 2.45) is 22.7 Å². The van der Waals surface area contributed by atoms with Crippen LogP contribution in [-0.2, 0) is 0 Å². The van der Waals surface area contributed by atoms with E-state index in [1.165, 1.54) is 25.7 Å². The fourth-order valence-electron chi connectivity index (χ4n) is 4.29. The maximum absolute atomic E-state index is 2.44. The van der Waals surface area contributed by atoms with Crippen molar-refractivity contribution in [1.29, 1.82) is 0 Å². The van der Waals surface area contributed by atoms with Gasteiger partial charge in [0.05, 0.1) is 0 Å². The van der Waals surface area contributed by atoms with Crippen LogP contribution in [0.25, 0.3) is 0 Å². The third-order valence-corrected chi connectivity index (χ3v) is 4.86. The Hall–Kier alpha value is 0. The molecule has 0 aromatic rings. The molecule has 0 saturated heterocycles. The Morgan fingerprint density at radius 2 is 1.92 bits per heavy atom. The molecule has 0 aromatic carbocycles. The first-order valence-electron chi connectivity index (χ1n) is 6.06. The summed E-state index contributed by atoms with van der Waals surface area (Å²) in [4.78, 5) is 0. The summed E-state index contributed by atoms with van der Waals surface area (Å²) in [6.45, 7) is 9.64. The Kier molecular flexibility index (Phi) is 2.02. The first kappa shape index (κ1) is 9.55. The van der Waals surface area contributed by atoms with Gasteiger partial charge in [-0.15, -0.1) is 0 Å². The van der Waals surface area contributed by atoms with Gasteiger partial charge < -0.3 is 0 Å². The van der Waals surface area contributed by atoms with Gasteiger partial charge in [-0.1, -0.05) is 34.1 Å². The molecule has 2 fully saturated rings. The van der Waals surface area contributed by atoms with Gasteiger partial charge in [0.25, 0.3) is 0 Å². The van der Waals surface area contributed by atoms with Gasteiger partial charge >= 0.3 is 0 Å². The molecule has 1 spiro atoms. The Morgan fingerprint density at radius 3 is 2.31 bits per heavy atom. The molecule has 2 aliphatic carbocycles. The normalized spacial score (nSPS) is 48.2. The van der Waals surface area contributed by atoms with Gasteiger partial charge in [-0.05, 0) is 48.3 Å². The summed E-state index contributed by atoms with van der Waals surface area (Å²) in [5.74, 6) is 1.94. The highest BCUT2D eigenvalue weighted by atomic mass is 14.7. The van der Waals surface area contributed by atoms with Gasteiger partial charge in [0, 0.05) is 0 Å². The lowest BCUT2D eigenvalue weighted by Crippen LogP contribution is -2.31. The molecule has 1 unspecified atom stereocenters. The molecule has 2 saturated carbocycles. The van der Waals surface area contributed by atoms with Crippen molar-refractivity contribution < 1.29 is 0 Å². The molecule has 76 valence electrons. The minimum Gasteiger partial charge on any atom is -0.0654 e. The Balaban J connectivity index is 2.04. The van der Waals surface area contributed by atoms with E-state index in [-0.39, 0.29) is 0 Å². The molecular formula is C13H24. The Morgan fingerprint density at radius 1 is 1.31 bits per heavy atom. The molecule has 0 amide bonds. The standard InChI is InChI=1S/C13H24/c1-5-6-13(10(2)3)9-12(13)7-11(4)8-12/h10-11H,5-9H2,1-4H3. The van der Waals surface area contributed by atoms with Gasteiger partial charge in [-0.25, -0.2) is 0 Å². The number of rotatable bonds is 3. The van der Waals surface area contributed by atoms with Gasteiger partial charge in [0.1, 0.15) is 0 Å². The summed E-state index contributed by atoms with van der Waals surface area (Å²) in [7, 11) is 0. The van der Waals surface area contributed by atoms with Crippen molar-refractivity contribution >= 4 is 0 Å². The SMILES string of the molecule is CCCC1(C(C)C)CC12CC(C)C2. The highest BCUT2D eigenvalue weighted by molar-refractivity contribution is 5.20. The van der Waals surface area contributed by atoms with Crippen molar-refractivity contribution in [2.75, 3.05) is 0 Å². The van der Waals surface area contributed by atoms with Crippen LogP contribution in [0.1, 0.15) is 59.8 Å². The van der Waals surface area contributed by atoms with E-state index in [0.717, 1.165) is 22.7 Å². The van der Waals surface area contributed by atoms with E-state index in [1.807, 2.05) is 0 Å². The molecular weight excluding hydrogens is 156 g/mol. The Labute approximate surface area is 83.1 Å². The van der Waals surface area contributed by atoms with Gasteiger partial charge in [-0.3, -0.25) is 0 Å². The van der Waals surface area contributed by atoms with E-state index >= 15 is 0 Å². The van der Waals surface area contributed by atoms with Crippen LogP contribution in [0.5, 0.6) is 0 Å². The molecule has 0 bridgehead atoms. The van der Waals surface area contributed by atoms with E-state index in [0.29, 0.717) is 0 Å². The zero-order chi connectivity index (χ0) is 9.69. The smallest absolute Gasteiger partial charge is 0.0212 e. The molecule has 13 heavy (non-hydrogen) atoms. The van der Waals surface area contributed by atoms with Crippen LogP contribution >= 0.6 is 0 Å². The first-order chi connectivity index (χ1) is 6.06. The predicted molar refractivity (Wildman–Crippen MR) is 57.6 cm³/mol.